The molecule has 1 aromatic rings. The van der Waals surface area contributed by atoms with Crippen molar-refractivity contribution in [1.29, 1.82) is 0 Å². The van der Waals surface area contributed by atoms with Crippen LogP contribution < -0.4 is 0 Å². The van der Waals surface area contributed by atoms with Crippen LogP contribution in [-0.2, 0) is 24.1 Å². The highest BCUT2D eigenvalue weighted by atomic mass is 32.2. The summed E-state index contributed by atoms with van der Waals surface area (Å²) < 4.78 is 32.5. The van der Waals surface area contributed by atoms with Crippen molar-refractivity contribution in [1.82, 2.24) is 4.98 Å². The number of aromatic nitrogens is 1. The van der Waals surface area contributed by atoms with E-state index in [-0.39, 0.29) is 30.0 Å². The third kappa shape index (κ3) is 4.60. The molecule has 2 heterocycles. The Balaban J connectivity index is 1.97. The first-order chi connectivity index (χ1) is 12.1. The molecule has 142 valence electrons. The molecule has 1 N–H and O–H groups in total. The van der Waals surface area contributed by atoms with E-state index < -0.39 is 40.1 Å². The van der Waals surface area contributed by atoms with Gasteiger partial charge in [-0.25, -0.2) is 13.2 Å². The third-order valence-electron chi connectivity index (χ3n) is 3.99. The van der Waals surface area contributed by atoms with Crippen molar-refractivity contribution >= 4 is 27.6 Å². The van der Waals surface area contributed by atoms with Crippen molar-refractivity contribution < 1.29 is 32.3 Å². The van der Waals surface area contributed by atoms with Gasteiger partial charge in [0.2, 0.25) is 5.78 Å². The molecule has 1 aromatic heterocycles. The maximum Gasteiger partial charge on any atom is 0.355 e. The van der Waals surface area contributed by atoms with Gasteiger partial charge in [-0.1, -0.05) is 6.08 Å². The fraction of sp³-hybridized carbons (Fsp3) is 0.471. The Hall–Kier alpha value is -2.42. The van der Waals surface area contributed by atoms with E-state index >= 15 is 0 Å². The van der Waals surface area contributed by atoms with E-state index in [0.717, 1.165) is 5.41 Å². The standard InChI is InChI=1S/C17H21NO7S/c1-4-24-17(21)16-10(2)15(11(3)18-16)13(19)8-25-14(20)7-12-5-6-26(22,23)9-12/h5-6,12,18H,4,7-9H2,1-3H3. The van der Waals surface area contributed by atoms with E-state index in [4.69, 9.17) is 9.47 Å². The van der Waals surface area contributed by atoms with Gasteiger partial charge in [-0.05, 0) is 26.3 Å². The summed E-state index contributed by atoms with van der Waals surface area (Å²) in [5.74, 6) is -2.22. The van der Waals surface area contributed by atoms with Gasteiger partial charge in [0.05, 0.1) is 18.8 Å². The van der Waals surface area contributed by atoms with Gasteiger partial charge in [0, 0.05) is 22.6 Å². The maximum absolute atomic E-state index is 12.4. The predicted octanol–water partition coefficient (Wildman–Crippen LogP) is 1.48. The number of esters is 2. The smallest absolute Gasteiger partial charge is 0.355 e. The molecule has 1 aliphatic heterocycles. The topological polar surface area (TPSA) is 120 Å². The Labute approximate surface area is 151 Å². The number of sulfone groups is 1. The number of hydrogen-bond donors (Lipinski definition) is 1. The molecule has 0 bridgehead atoms. The van der Waals surface area contributed by atoms with Gasteiger partial charge < -0.3 is 14.5 Å². The molecule has 2 rings (SSSR count). The fourth-order valence-electron chi connectivity index (χ4n) is 2.83. The molecule has 0 aromatic carbocycles. The van der Waals surface area contributed by atoms with Gasteiger partial charge in [0.15, 0.2) is 16.4 Å². The average Bonchev–Trinajstić information content (AvgIpc) is 3.04. The number of ketones is 1. The zero-order valence-electron chi connectivity index (χ0n) is 14.8. The zero-order valence-corrected chi connectivity index (χ0v) is 15.6. The first-order valence-corrected chi connectivity index (χ1v) is 9.82. The number of aryl methyl sites for hydroxylation is 1. The van der Waals surface area contributed by atoms with E-state index in [0.29, 0.717) is 11.3 Å². The van der Waals surface area contributed by atoms with Gasteiger partial charge in [-0.2, -0.15) is 0 Å². The molecule has 0 saturated heterocycles. The van der Waals surface area contributed by atoms with Crippen LogP contribution in [0.2, 0.25) is 0 Å². The van der Waals surface area contributed by atoms with Crippen molar-refractivity contribution in [2.45, 2.75) is 27.2 Å². The SMILES string of the molecule is CCOC(=O)c1[nH]c(C)c(C(=O)COC(=O)CC2C=CS(=O)(=O)C2)c1C. The van der Waals surface area contributed by atoms with Crippen molar-refractivity contribution in [3.8, 4) is 0 Å². The maximum atomic E-state index is 12.4. The quantitative estimate of drug-likeness (QED) is 0.559. The molecule has 0 radical (unpaired) electrons. The molecule has 0 aliphatic carbocycles. The van der Waals surface area contributed by atoms with E-state index in [9.17, 15) is 22.8 Å². The highest BCUT2D eigenvalue weighted by molar-refractivity contribution is 7.94. The number of nitrogens with one attached hydrogen (secondary N) is 1. The second kappa shape index (κ2) is 7.86. The van der Waals surface area contributed by atoms with Crippen LogP contribution in [0.5, 0.6) is 0 Å². The number of carbonyl (C=O) groups excluding carboxylic acids is 3. The first-order valence-electron chi connectivity index (χ1n) is 8.10. The Morgan fingerprint density at radius 3 is 2.50 bits per heavy atom. The number of H-pyrrole nitrogens is 1. The monoisotopic (exact) mass is 383 g/mol. The minimum atomic E-state index is -3.24. The molecule has 0 fully saturated rings. The predicted molar refractivity (Wildman–Crippen MR) is 92.5 cm³/mol. The lowest BCUT2D eigenvalue weighted by Gasteiger charge is -2.08. The van der Waals surface area contributed by atoms with Gasteiger partial charge in [-0.15, -0.1) is 0 Å². The number of Topliss-reactive ketones (excluding diaryl/α,β-unsaturated/α-hetero) is 1. The molecule has 8 nitrogen and oxygen atoms in total. The Morgan fingerprint density at radius 2 is 1.92 bits per heavy atom. The van der Waals surface area contributed by atoms with Crippen molar-refractivity contribution in [2.24, 2.45) is 5.92 Å². The summed E-state index contributed by atoms with van der Waals surface area (Å²) in [6.45, 7) is 4.66. The molecule has 1 unspecified atom stereocenters. The van der Waals surface area contributed by atoms with Gasteiger partial charge in [-0.3, -0.25) is 9.59 Å². The number of carbonyl (C=O) groups is 3. The number of allylic oxidation sites excluding steroid dienone is 1. The Bertz CT molecular complexity index is 864. The van der Waals surface area contributed by atoms with Crippen LogP contribution >= 0.6 is 0 Å². The molecule has 0 saturated carbocycles. The van der Waals surface area contributed by atoms with E-state index in [1.54, 1.807) is 20.8 Å². The molecule has 0 amide bonds. The summed E-state index contributed by atoms with van der Waals surface area (Å²) in [6, 6.07) is 0. The molecular formula is C17H21NO7S. The average molecular weight is 383 g/mol. The lowest BCUT2D eigenvalue weighted by atomic mass is 10.1. The van der Waals surface area contributed by atoms with Crippen LogP contribution in [-0.4, -0.2) is 50.1 Å². The van der Waals surface area contributed by atoms with Crippen molar-refractivity contribution in [3.63, 3.8) is 0 Å². The van der Waals surface area contributed by atoms with Gasteiger partial charge in [0.1, 0.15) is 5.69 Å². The van der Waals surface area contributed by atoms with E-state index in [1.807, 2.05) is 0 Å². The van der Waals surface area contributed by atoms with E-state index in [1.165, 1.54) is 6.08 Å². The van der Waals surface area contributed by atoms with Crippen molar-refractivity contribution in [2.75, 3.05) is 19.0 Å². The van der Waals surface area contributed by atoms with Gasteiger partial charge >= 0.3 is 11.9 Å². The highest BCUT2D eigenvalue weighted by Gasteiger charge is 2.26. The summed E-state index contributed by atoms with van der Waals surface area (Å²) in [6.07, 6.45) is 1.34. The number of rotatable bonds is 7. The number of ether oxygens (including phenoxy) is 2. The summed E-state index contributed by atoms with van der Waals surface area (Å²) in [4.78, 5) is 38.9. The van der Waals surface area contributed by atoms with Crippen LogP contribution in [0, 0.1) is 19.8 Å². The minimum absolute atomic E-state index is 0.109. The molecular weight excluding hydrogens is 362 g/mol. The molecule has 1 aliphatic rings. The molecule has 26 heavy (non-hydrogen) atoms. The number of aromatic amines is 1. The minimum Gasteiger partial charge on any atom is -0.461 e. The lowest BCUT2D eigenvalue weighted by molar-refractivity contribution is -0.143. The van der Waals surface area contributed by atoms with Crippen LogP contribution in [0.1, 0.15) is 45.4 Å². The summed E-state index contributed by atoms with van der Waals surface area (Å²) in [5.41, 5.74) is 1.40. The first kappa shape index (κ1) is 19.9. The van der Waals surface area contributed by atoms with Crippen LogP contribution in [0.4, 0.5) is 0 Å². The van der Waals surface area contributed by atoms with Crippen LogP contribution in [0.15, 0.2) is 11.5 Å². The normalized spacial score (nSPS) is 17.9. The second-order valence-corrected chi connectivity index (χ2v) is 7.98. The third-order valence-corrected chi connectivity index (χ3v) is 5.46. The van der Waals surface area contributed by atoms with Crippen molar-refractivity contribution in [3.05, 3.63) is 34.0 Å². The van der Waals surface area contributed by atoms with Gasteiger partial charge in [0.25, 0.3) is 0 Å². The Kier molecular flexibility index (Phi) is 6.01. The summed E-state index contributed by atoms with van der Waals surface area (Å²) in [7, 11) is -3.24. The lowest BCUT2D eigenvalue weighted by Crippen LogP contribution is -2.18. The second-order valence-electron chi connectivity index (χ2n) is 6.05. The van der Waals surface area contributed by atoms with E-state index in [2.05, 4.69) is 4.98 Å². The molecule has 0 spiro atoms. The number of hydrogen-bond acceptors (Lipinski definition) is 7. The van der Waals surface area contributed by atoms with Crippen LogP contribution in [0.25, 0.3) is 0 Å². The highest BCUT2D eigenvalue weighted by Crippen LogP contribution is 2.21. The summed E-state index contributed by atoms with van der Waals surface area (Å²) in [5, 5.41) is 1.08. The summed E-state index contributed by atoms with van der Waals surface area (Å²) >= 11 is 0. The van der Waals surface area contributed by atoms with Crippen LogP contribution in [0.3, 0.4) is 0 Å². The fourth-order valence-corrected chi connectivity index (χ4v) is 4.23. The molecule has 9 heteroatoms. The molecule has 1 atom stereocenters. The largest absolute Gasteiger partial charge is 0.461 e. The zero-order chi connectivity index (χ0) is 19.5. The Morgan fingerprint density at radius 1 is 1.23 bits per heavy atom.